The second-order valence-electron chi connectivity index (χ2n) is 9.29. The molecule has 7 nitrogen and oxygen atoms in total. The number of carbonyl (C=O) groups excluding carboxylic acids is 1. The number of amides is 1. The van der Waals surface area contributed by atoms with Crippen molar-refractivity contribution in [2.24, 2.45) is 5.41 Å². The Labute approximate surface area is 167 Å². The lowest BCUT2D eigenvalue weighted by molar-refractivity contribution is -0.000238. The molecule has 5 rings (SSSR count). The Balaban J connectivity index is 1.13. The monoisotopic (exact) mass is 388 g/mol. The van der Waals surface area contributed by atoms with Crippen molar-refractivity contribution in [3.05, 3.63) is 18.4 Å². The van der Waals surface area contributed by atoms with Crippen LogP contribution in [0.3, 0.4) is 0 Å². The number of rotatable bonds is 3. The van der Waals surface area contributed by atoms with Crippen molar-refractivity contribution in [1.82, 2.24) is 19.7 Å². The van der Waals surface area contributed by atoms with Gasteiger partial charge < -0.3 is 19.0 Å². The maximum atomic E-state index is 11.7. The highest BCUT2D eigenvalue weighted by Crippen LogP contribution is 2.47. The zero-order chi connectivity index (χ0) is 19.1. The lowest BCUT2D eigenvalue weighted by atomic mass is 9.78. The number of hydrogen-bond donors (Lipinski definition) is 0. The van der Waals surface area contributed by atoms with Crippen LogP contribution in [0.25, 0.3) is 0 Å². The van der Waals surface area contributed by atoms with E-state index in [1.165, 1.54) is 71.7 Å². The minimum absolute atomic E-state index is 0.165. The minimum atomic E-state index is -0.165. The topological polar surface area (TPSA) is 62.1 Å². The Bertz CT molecular complexity index is 680. The summed E-state index contributed by atoms with van der Waals surface area (Å²) in [5.74, 6) is 1.04. The second kappa shape index (κ2) is 7.34. The van der Waals surface area contributed by atoms with E-state index in [1.807, 2.05) is 11.1 Å². The number of carbonyl (C=O) groups is 1. The van der Waals surface area contributed by atoms with E-state index in [4.69, 9.17) is 9.15 Å². The van der Waals surface area contributed by atoms with E-state index in [2.05, 4.69) is 14.8 Å². The Morgan fingerprint density at radius 1 is 1.18 bits per heavy atom. The van der Waals surface area contributed by atoms with Crippen LogP contribution in [0.1, 0.15) is 56.7 Å². The number of oxazole rings is 1. The van der Waals surface area contributed by atoms with Crippen LogP contribution < -0.4 is 0 Å². The molecular weight excluding hydrogens is 356 g/mol. The van der Waals surface area contributed by atoms with Gasteiger partial charge in [-0.2, -0.15) is 0 Å². The summed E-state index contributed by atoms with van der Waals surface area (Å²) in [6.45, 7) is 5.36. The molecule has 0 radical (unpaired) electrons. The van der Waals surface area contributed by atoms with Crippen molar-refractivity contribution >= 4 is 6.09 Å². The summed E-state index contributed by atoms with van der Waals surface area (Å²) in [6, 6.07) is 1.79. The molecule has 2 unspecified atom stereocenters. The van der Waals surface area contributed by atoms with Gasteiger partial charge in [-0.1, -0.05) is 0 Å². The number of piperidine rings is 1. The SMILES string of the molecule is COC(=O)N1CC2(CCC(N3CCC(N4CCCC4c4cnco4)CC3)C2)C1. The molecule has 3 saturated heterocycles. The summed E-state index contributed by atoms with van der Waals surface area (Å²) in [5, 5.41) is 0. The van der Waals surface area contributed by atoms with Crippen LogP contribution in [0.4, 0.5) is 4.79 Å². The number of methoxy groups -OCH3 is 1. The van der Waals surface area contributed by atoms with Crippen LogP contribution in [0.5, 0.6) is 0 Å². The fourth-order valence-corrected chi connectivity index (χ4v) is 6.30. The van der Waals surface area contributed by atoms with Crippen molar-refractivity contribution in [1.29, 1.82) is 0 Å². The zero-order valence-corrected chi connectivity index (χ0v) is 16.9. The Hall–Kier alpha value is -1.60. The van der Waals surface area contributed by atoms with Gasteiger partial charge in [0.05, 0.1) is 19.3 Å². The maximum Gasteiger partial charge on any atom is 0.409 e. The normalized spacial score (nSPS) is 31.4. The summed E-state index contributed by atoms with van der Waals surface area (Å²) in [6.07, 6.45) is 12.0. The molecule has 1 aromatic rings. The van der Waals surface area contributed by atoms with Gasteiger partial charge >= 0.3 is 6.09 Å². The average molecular weight is 389 g/mol. The highest BCUT2D eigenvalue weighted by atomic mass is 16.5. The van der Waals surface area contributed by atoms with Crippen LogP contribution in [-0.4, -0.2) is 77.7 Å². The Morgan fingerprint density at radius 2 is 2.00 bits per heavy atom. The lowest BCUT2D eigenvalue weighted by Gasteiger charge is -2.48. The molecule has 1 spiro atoms. The zero-order valence-electron chi connectivity index (χ0n) is 16.9. The van der Waals surface area contributed by atoms with Crippen LogP contribution in [-0.2, 0) is 4.74 Å². The van der Waals surface area contributed by atoms with Gasteiger partial charge in [-0.25, -0.2) is 9.78 Å². The van der Waals surface area contributed by atoms with E-state index in [1.54, 1.807) is 6.39 Å². The van der Waals surface area contributed by atoms with Gasteiger partial charge in [-0.15, -0.1) is 0 Å². The molecule has 4 heterocycles. The molecule has 1 saturated carbocycles. The first-order valence-corrected chi connectivity index (χ1v) is 10.9. The quantitative estimate of drug-likeness (QED) is 0.793. The van der Waals surface area contributed by atoms with Gasteiger partial charge in [-0.3, -0.25) is 4.90 Å². The number of nitrogens with zero attached hydrogens (tertiary/aromatic N) is 4. The summed E-state index contributed by atoms with van der Waals surface area (Å²) in [5.41, 5.74) is 0.363. The van der Waals surface area contributed by atoms with Crippen LogP contribution in [0.2, 0.25) is 0 Å². The first-order chi connectivity index (χ1) is 13.7. The third-order valence-electron chi connectivity index (χ3n) is 7.72. The molecule has 154 valence electrons. The predicted molar refractivity (Wildman–Crippen MR) is 104 cm³/mol. The summed E-state index contributed by atoms with van der Waals surface area (Å²) in [4.78, 5) is 23.0. The molecular formula is C21H32N4O3. The smallest absolute Gasteiger partial charge is 0.409 e. The molecule has 4 fully saturated rings. The minimum Gasteiger partial charge on any atom is -0.453 e. The lowest BCUT2D eigenvalue weighted by Crippen LogP contribution is -2.58. The van der Waals surface area contributed by atoms with Gasteiger partial charge in [0.25, 0.3) is 0 Å². The molecule has 1 amide bonds. The van der Waals surface area contributed by atoms with Crippen molar-refractivity contribution in [3.63, 3.8) is 0 Å². The van der Waals surface area contributed by atoms with Crippen LogP contribution >= 0.6 is 0 Å². The summed E-state index contributed by atoms with van der Waals surface area (Å²) >= 11 is 0. The number of hydrogen-bond acceptors (Lipinski definition) is 6. The third kappa shape index (κ3) is 3.22. The third-order valence-corrected chi connectivity index (χ3v) is 7.72. The van der Waals surface area contributed by atoms with Crippen molar-refractivity contribution in [2.45, 2.75) is 63.1 Å². The molecule has 0 bridgehead atoms. The van der Waals surface area contributed by atoms with Gasteiger partial charge in [0.15, 0.2) is 6.39 Å². The van der Waals surface area contributed by atoms with Gasteiger partial charge in [0.1, 0.15) is 5.76 Å². The predicted octanol–water partition coefficient (Wildman–Crippen LogP) is 2.90. The number of likely N-dealkylation sites (tertiary alicyclic amines) is 3. The summed E-state index contributed by atoms with van der Waals surface area (Å²) < 4.78 is 10.5. The largest absolute Gasteiger partial charge is 0.453 e. The fraction of sp³-hybridized carbons (Fsp3) is 0.810. The van der Waals surface area contributed by atoms with Crippen molar-refractivity contribution < 1.29 is 13.9 Å². The highest BCUT2D eigenvalue weighted by Gasteiger charge is 2.51. The average Bonchev–Trinajstić information content (AvgIpc) is 3.46. The van der Waals surface area contributed by atoms with Crippen LogP contribution in [0.15, 0.2) is 17.0 Å². The van der Waals surface area contributed by atoms with Crippen molar-refractivity contribution in [3.8, 4) is 0 Å². The standard InChI is InChI=1S/C21H32N4O3/c1-27-20(26)24-13-21(14-24)7-4-17(11-21)23-9-5-16(6-10-23)25-8-2-3-18(25)19-12-22-15-28-19/h12,15-18H,2-11,13-14H2,1H3. The highest BCUT2D eigenvalue weighted by molar-refractivity contribution is 5.68. The molecule has 4 aliphatic rings. The second-order valence-corrected chi connectivity index (χ2v) is 9.29. The Kier molecular flexibility index (Phi) is 4.83. The molecule has 0 N–H and O–H groups in total. The van der Waals surface area contributed by atoms with E-state index in [9.17, 15) is 4.79 Å². The van der Waals surface area contributed by atoms with E-state index >= 15 is 0 Å². The van der Waals surface area contributed by atoms with Gasteiger partial charge in [0, 0.05) is 30.6 Å². The molecule has 0 aromatic carbocycles. The maximum absolute atomic E-state index is 11.7. The molecule has 7 heteroatoms. The first-order valence-electron chi connectivity index (χ1n) is 10.9. The van der Waals surface area contributed by atoms with Crippen LogP contribution in [0, 0.1) is 5.41 Å². The van der Waals surface area contributed by atoms with E-state index < -0.39 is 0 Å². The van der Waals surface area contributed by atoms with E-state index in [-0.39, 0.29) is 6.09 Å². The molecule has 28 heavy (non-hydrogen) atoms. The summed E-state index contributed by atoms with van der Waals surface area (Å²) in [7, 11) is 1.47. The van der Waals surface area contributed by atoms with Crippen molar-refractivity contribution in [2.75, 3.05) is 39.8 Å². The van der Waals surface area contributed by atoms with Gasteiger partial charge in [-0.05, 0) is 64.6 Å². The van der Waals surface area contributed by atoms with E-state index in [0.29, 0.717) is 23.5 Å². The number of ether oxygens (including phenoxy) is 1. The molecule has 1 aromatic heterocycles. The molecule has 2 atom stereocenters. The first kappa shape index (κ1) is 18.4. The van der Waals surface area contributed by atoms with E-state index in [0.717, 1.165) is 18.8 Å². The fourth-order valence-electron chi connectivity index (χ4n) is 6.30. The molecule has 1 aliphatic carbocycles. The number of aromatic nitrogens is 1. The molecule has 3 aliphatic heterocycles. The van der Waals surface area contributed by atoms with Gasteiger partial charge in [0.2, 0.25) is 0 Å². The Morgan fingerprint density at radius 3 is 2.71 bits per heavy atom.